The van der Waals surface area contributed by atoms with E-state index in [1.807, 2.05) is 41.5 Å². The second-order valence-corrected chi connectivity index (χ2v) is 15.5. The van der Waals surface area contributed by atoms with Crippen LogP contribution in [0.4, 0.5) is 0 Å². The molecule has 1 aromatic heterocycles. The summed E-state index contributed by atoms with van der Waals surface area (Å²) in [5, 5.41) is 12.5. The molecule has 0 spiro atoms. The summed E-state index contributed by atoms with van der Waals surface area (Å²) < 4.78 is 0. The number of rotatable bonds is 9. The topological polar surface area (TPSA) is 63.1 Å². The zero-order valence-electron chi connectivity index (χ0n) is 31.4. The van der Waals surface area contributed by atoms with E-state index in [0.717, 1.165) is 53.6 Å². The van der Waals surface area contributed by atoms with Gasteiger partial charge in [-0.25, -0.2) is 4.98 Å². The number of aromatic nitrogens is 2. The van der Waals surface area contributed by atoms with Gasteiger partial charge in [-0.15, -0.1) is 29.1 Å². The monoisotopic (exact) mass is 836 g/mol. The second kappa shape index (κ2) is 15.7. The SMILES string of the molecule is CC(C)(C)c1cc(-c2cc(-c3ccc4c(c3)C(C)(C)C=C4)ncn2)[c-]c2ccccc12.CCC(C)(CC)C(=O)/C=C(\O)C(C)(CC)CC.[Ir]. The molecule has 1 aliphatic carbocycles. The molecule has 5 rings (SSSR count). The largest absolute Gasteiger partial charge is 0.512 e. The Hall–Kier alpha value is -3.40. The van der Waals surface area contributed by atoms with Crippen molar-refractivity contribution in [2.45, 2.75) is 113 Å². The molecule has 49 heavy (non-hydrogen) atoms. The van der Waals surface area contributed by atoms with E-state index in [1.54, 1.807) is 6.33 Å². The normalized spacial score (nSPS) is 14.1. The summed E-state index contributed by atoms with van der Waals surface area (Å²) in [6.07, 6.45) is 10.9. The van der Waals surface area contributed by atoms with E-state index in [0.29, 0.717) is 0 Å². The smallest absolute Gasteiger partial charge is 0.164 e. The first kappa shape index (κ1) is 40.0. The van der Waals surface area contributed by atoms with Crippen molar-refractivity contribution in [3.05, 3.63) is 102 Å². The maximum Gasteiger partial charge on any atom is 0.164 e. The minimum atomic E-state index is -0.337. The van der Waals surface area contributed by atoms with Crippen LogP contribution in [0, 0.1) is 16.9 Å². The van der Waals surface area contributed by atoms with E-state index in [4.69, 9.17) is 0 Å². The van der Waals surface area contributed by atoms with Gasteiger partial charge < -0.3 is 5.11 Å². The predicted molar refractivity (Wildman–Crippen MR) is 203 cm³/mol. The van der Waals surface area contributed by atoms with Gasteiger partial charge in [0.25, 0.3) is 0 Å². The van der Waals surface area contributed by atoms with E-state index in [1.165, 1.54) is 28.2 Å². The fourth-order valence-corrected chi connectivity index (χ4v) is 6.14. The van der Waals surface area contributed by atoms with Crippen molar-refractivity contribution in [3.63, 3.8) is 0 Å². The van der Waals surface area contributed by atoms with Crippen LogP contribution in [0.15, 0.2) is 78.8 Å². The molecule has 0 fully saturated rings. The molecule has 0 saturated heterocycles. The van der Waals surface area contributed by atoms with Crippen LogP contribution in [0.3, 0.4) is 0 Å². The number of fused-ring (bicyclic) bond motifs is 2. The molecule has 0 aliphatic heterocycles. The summed E-state index contributed by atoms with van der Waals surface area (Å²) in [6, 6.07) is 23.0. The molecule has 0 saturated carbocycles. The van der Waals surface area contributed by atoms with Gasteiger partial charge in [0, 0.05) is 48.1 Å². The number of benzene rings is 3. The standard InChI is InChI=1S/C29H27N2.C15H28O2.Ir/c1-28(2,3)25-16-22(14-20-8-6-7-9-23(20)25)27-17-26(30-18-31-27)21-11-10-19-12-13-29(4,5)24(19)15-21;1-7-14(5,8-2)12(16)11-13(17)15(6,9-3)10-4;/h6-13,15-18H,1-5H3;11,16H,7-10H2,1-6H3;/q-1;;/b;12-11-;. The number of allylic oxidation sites excluding steroid dienone is 3. The van der Waals surface area contributed by atoms with Crippen LogP contribution < -0.4 is 0 Å². The van der Waals surface area contributed by atoms with Crippen LogP contribution >= 0.6 is 0 Å². The van der Waals surface area contributed by atoms with Gasteiger partial charge in [0.05, 0.1) is 5.69 Å². The molecular formula is C44H55IrN2O2-. The summed E-state index contributed by atoms with van der Waals surface area (Å²) in [7, 11) is 0. The first-order chi connectivity index (χ1) is 22.5. The minimum Gasteiger partial charge on any atom is -0.512 e. The van der Waals surface area contributed by atoms with Gasteiger partial charge in [0.1, 0.15) is 12.1 Å². The van der Waals surface area contributed by atoms with Crippen LogP contribution in [0.1, 0.15) is 119 Å². The van der Waals surface area contributed by atoms with Crippen molar-refractivity contribution >= 4 is 22.6 Å². The van der Waals surface area contributed by atoms with Crippen LogP contribution in [0.25, 0.3) is 39.4 Å². The number of nitrogens with zero attached hydrogens (tertiary/aromatic N) is 2. The second-order valence-electron chi connectivity index (χ2n) is 15.5. The van der Waals surface area contributed by atoms with Crippen molar-refractivity contribution < 1.29 is 30.0 Å². The first-order valence-electron chi connectivity index (χ1n) is 17.6. The quantitative estimate of drug-likeness (QED) is 0.104. The Morgan fingerprint density at radius 2 is 1.45 bits per heavy atom. The van der Waals surface area contributed by atoms with E-state index in [9.17, 15) is 9.90 Å². The molecule has 1 radical (unpaired) electrons. The van der Waals surface area contributed by atoms with Crippen LogP contribution in [0.2, 0.25) is 0 Å². The first-order valence-corrected chi connectivity index (χ1v) is 17.6. The zero-order chi connectivity index (χ0) is 35.5. The van der Waals surface area contributed by atoms with Gasteiger partial charge in [-0.1, -0.05) is 130 Å². The van der Waals surface area contributed by atoms with Crippen molar-refractivity contribution in [2.24, 2.45) is 10.8 Å². The number of aliphatic hydroxyl groups is 1. The Kier molecular flexibility index (Phi) is 12.8. The predicted octanol–water partition coefficient (Wildman–Crippen LogP) is 12.0. The van der Waals surface area contributed by atoms with Crippen molar-refractivity contribution in [2.75, 3.05) is 0 Å². The van der Waals surface area contributed by atoms with Gasteiger partial charge in [-0.3, -0.25) is 9.78 Å². The number of hydrogen-bond donors (Lipinski definition) is 1. The zero-order valence-corrected chi connectivity index (χ0v) is 33.8. The molecule has 1 aliphatic rings. The van der Waals surface area contributed by atoms with Gasteiger partial charge in [0.15, 0.2) is 5.78 Å². The Bertz CT molecular complexity index is 1840. The molecule has 0 amide bonds. The summed E-state index contributed by atoms with van der Waals surface area (Å²) in [4.78, 5) is 21.4. The fourth-order valence-electron chi connectivity index (χ4n) is 6.14. The average molecular weight is 836 g/mol. The molecule has 0 unspecified atom stereocenters. The van der Waals surface area contributed by atoms with Gasteiger partial charge in [-0.2, -0.15) is 0 Å². The summed E-state index contributed by atoms with van der Waals surface area (Å²) in [6.45, 7) is 23.4. The van der Waals surface area contributed by atoms with Gasteiger partial charge in [0.2, 0.25) is 0 Å². The summed E-state index contributed by atoms with van der Waals surface area (Å²) >= 11 is 0. The molecule has 1 N–H and O–H groups in total. The number of ketones is 1. The Morgan fingerprint density at radius 1 is 0.837 bits per heavy atom. The third kappa shape index (κ3) is 8.67. The summed E-state index contributed by atoms with van der Waals surface area (Å²) in [5.74, 6) is 0.286. The molecule has 3 aromatic carbocycles. The third-order valence-corrected chi connectivity index (χ3v) is 10.9. The van der Waals surface area contributed by atoms with Crippen molar-refractivity contribution in [1.29, 1.82) is 0 Å². The Labute approximate surface area is 308 Å². The Balaban J connectivity index is 0.000000312. The van der Waals surface area contributed by atoms with Crippen LogP contribution in [-0.2, 0) is 35.7 Å². The molecule has 1 heterocycles. The van der Waals surface area contributed by atoms with Crippen molar-refractivity contribution in [3.8, 4) is 22.5 Å². The molecule has 0 bridgehead atoms. The van der Waals surface area contributed by atoms with Gasteiger partial charge in [-0.05, 0) is 59.9 Å². The van der Waals surface area contributed by atoms with E-state index in [-0.39, 0.29) is 53.3 Å². The van der Waals surface area contributed by atoms with Crippen LogP contribution in [-0.4, -0.2) is 20.9 Å². The molecule has 0 atom stereocenters. The third-order valence-electron chi connectivity index (χ3n) is 10.9. The van der Waals surface area contributed by atoms with Gasteiger partial charge >= 0.3 is 0 Å². The number of aliphatic hydroxyl groups excluding tert-OH is 1. The summed E-state index contributed by atoms with van der Waals surface area (Å²) in [5.41, 5.74) is 7.39. The van der Waals surface area contributed by atoms with E-state index >= 15 is 0 Å². The minimum absolute atomic E-state index is 0. The fraction of sp³-hybridized carbons (Fsp3) is 0.432. The molecule has 4 nitrogen and oxygen atoms in total. The Morgan fingerprint density at radius 3 is 2.06 bits per heavy atom. The molecule has 4 aromatic rings. The van der Waals surface area contributed by atoms with E-state index in [2.05, 4.69) is 117 Å². The van der Waals surface area contributed by atoms with Crippen molar-refractivity contribution in [1.82, 2.24) is 9.97 Å². The van der Waals surface area contributed by atoms with E-state index < -0.39 is 0 Å². The number of carbonyl (C=O) groups is 1. The number of carbonyl (C=O) groups excluding carboxylic acids is 1. The molecule has 5 heteroatoms. The molecular weight excluding hydrogens is 781 g/mol. The maximum absolute atomic E-state index is 12.2. The number of hydrogen-bond acceptors (Lipinski definition) is 4. The average Bonchev–Trinajstić information content (AvgIpc) is 3.39. The van der Waals surface area contributed by atoms with Crippen LogP contribution in [0.5, 0.6) is 0 Å². The maximum atomic E-state index is 12.2. The molecule has 263 valence electrons.